The first kappa shape index (κ1) is 23.4. The summed E-state index contributed by atoms with van der Waals surface area (Å²) in [5.74, 6) is -1.75. The standard InChI is InChI=1S/C25H21NO4S2/c1-3-30-24(29)20(22(27)19-12-8-5-9-13-19)16-26-23(28)21(32-25(26)31)15-17(2)14-18-10-6-4-7-11-18/h4-16H,3H2,1-2H3/b17-14-,20-16-,21-15-. The normalized spacial score (nSPS) is 15.9. The highest BCUT2D eigenvalue weighted by Gasteiger charge is 2.33. The quantitative estimate of drug-likeness (QED) is 0.141. The predicted octanol–water partition coefficient (Wildman–Crippen LogP) is 5.16. The highest BCUT2D eigenvalue weighted by atomic mass is 32.2. The number of nitrogens with zero attached hydrogens (tertiary/aromatic N) is 1. The molecule has 2 aromatic carbocycles. The zero-order valence-corrected chi connectivity index (χ0v) is 19.2. The molecule has 0 spiro atoms. The molecular formula is C25H21NO4S2. The van der Waals surface area contributed by atoms with Crippen LogP contribution < -0.4 is 0 Å². The SMILES string of the molecule is CCOC(=O)/C(=C\N1C(=O)/C(=C/C(C)=C\c2ccccc2)SC1=S)C(=O)c1ccccc1. The van der Waals surface area contributed by atoms with E-state index < -0.39 is 17.7 Å². The third-order valence-corrected chi connectivity index (χ3v) is 5.74. The van der Waals surface area contributed by atoms with Crippen molar-refractivity contribution in [2.45, 2.75) is 13.8 Å². The fourth-order valence-corrected chi connectivity index (χ4v) is 4.20. The number of thioether (sulfide) groups is 1. The Balaban J connectivity index is 1.91. The molecule has 1 saturated heterocycles. The summed E-state index contributed by atoms with van der Waals surface area (Å²) in [5, 5.41) is 0. The molecule has 0 saturated carbocycles. The number of ketones is 1. The van der Waals surface area contributed by atoms with Gasteiger partial charge in [-0.1, -0.05) is 90.7 Å². The van der Waals surface area contributed by atoms with E-state index in [-0.39, 0.29) is 16.5 Å². The minimum atomic E-state index is -0.806. The van der Waals surface area contributed by atoms with Gasteiger partial charge in [-0.05, 0) is 31.1 Å². The number of esters is 1. The number of ether oxygens (including phenoxy) is 1. The largest absolute Gasteiger partial charge is 0.462 e. The van der Waals surface area contributed by atoms with Crippen molar-refractivity contribution < 1.29 is 19.1 Å². The maximum Gasteiger partial charge on any atom is 0.343 e. The lowest BCUT2D eigenvalue weighted by atomic mass is 10.0. The molecule has 3 rings (SSSR count). The molecular weight excluding hydrogens is 442 g/mol. The van der Waals surface area contributed by atoms with E-state index in [9.17, 15) is 14.4 Å². The number of hydrogen-bond donors (Lipinski definition) is 0. The average Bonchev–Trinajstić information content (AvgIpc) is 3.05. The van der Waals surface area contributed by atoms with E-state index in [1.807, 2.05) is 43.3 Å². The smallest absolute Gasteiger partial charge is 0.343 e. The topological polar surface area (TPSA) is 63.7 Å². The third-order valence-electron chi connectivity index (χ3n) is 4.41. The summed E-state index contributed by atoms with van der Waals surface area (Å²) < 4.78 is 5.28. The van der Waals surface area contributed by atoms with Crippen molar-refractivity contribution in [2.24, 2.45) is 0 Å². The molecule has 7 heteroatoms. The fourth-order valence-electron chi connectivity index (χ4n) is 2.94. The van der Waals surface area contributed by atoms with Crippen LogP contribution in [0.1, 0.15) is 29.8 Å². The van der Waals surface area contributed by atoms with Crippen LogP contribution in [0.5, 0.6) is 0 Å². The Morgan fingerprint density at radius 2 is 1.69 bits per heavy atom. The van der Waals surface area contributed by atoms with Crippen LogP contribution in [0.15, 0.2) is 89.0 Å². The molecule has 1 heterocycles. The molecule has 162 valence electrons. The predicted molar refractivity (Wildman–Crippen MR) is 131 cm³/mol. The first-order chi connectivity index (χ1) is 15.4. The average molecular weight is 464 g/mol. The zero-order valence-electron chi connectivity index (χ0n) is 17.6. The Morgan fingerprint density at radius 3 is 2.31 bits per heavy atom. The van der Waals surface area contributed by atoms with Gasteiger partial charge in [0.2, 0.25) is 5.78 Å². The molecule has 0 bridgehead atoms. The maximum atomic E-state index is 13.0. The second-order valence-corrected chi connectivity index (χ2v) is 8.48. The van der Waals surface area contributed by atoms with Gasteiger partial charge in [-0.25, -0.2) is 4.79 Å². The van der Waals surface area contributed by atoms with Crippen molar-refractivity contribution in [1.82, 2.24) is 4.90 Å². The van der Waals surface area contributed by atoms with Gasteiger partial charge in [0.15, 0.2) is 4.32 Å². The zero-order chi connectivity index (χ0) is 23.1. The Hall–Kier alpha value is -3.29. The lowest BCUT2D eigenvalue weighted by Gasteiger charge is -2.12. The van der Waals surface area contributed by atoms with Crippen LogP contribution in [0, 0.1) is 0 Å². The molecule has 0 aromatic heterocycles. The highest BCUT2D eigenvalue weighted by Crippen LogP contribution is 2.33. The molecule has 0 N–H and O–H groups in total. The highest BCUT2D eigenvalue weighted by molar-refractivity contribution is 8.26. The number of carbonyl (C=O) groups excluding carboxylic acids is 3. The van der Waals surface area contributed by atoms with Crippen LogP contribution in [0.25, 0.3) is 6.08 Å². The Labute approximate surface area is 196 Å². The minimum Gasteiger partial charge on any atom is -0.462 e. The summed E-state index contributed by atoms with van der Waals surface area (Å²) in [5.41, 5.74) is 1.93. The Bertz CT molecular complexity index is 1140. The van der Waals surface area contributed by atoms with E-state index >= 15 is 0 Å². The number of thiocarbonyl (C=S) groups is 1. The van der Waals surface area contributed by atoms with Gasteiger partial charge < -0.3 is 4.74 Å². The molecule has 1 aliphatic rings. The maximum absolute atomic E-state index is 13.0. The monoisotopic (exact) mass is 463 g/mol. The van der Waals surface area contributed by atoms with Crippen molar-refractivity contribution >= 4 is 52.0 Å². The van der Waals surface area contributed by atoms with Gasteiger partial charge in [-0.2, -0.15) is 0 Å². The molecule has 32 heavy (non-hydrogen) atoms. The van der Waals surface area contributed by atoms with Crippen molar-refractivity contribution in [2.75, 3.05) is 6.61 Å². The number of rotatable bonds is 7. The molecule has 5 nitrogen and oxygen atoms in total. The van der Waals surface area contributed by atoms with Gasteiger partial charge in [-0.15, -0.1) is 0 Å². The van der Waals surface area contributed by atoms with Gasteiger partial charge in [0.1, 0.15) is 5.57 Å². The van der Waals surface area contributed by atoms with E-state index in [2.05, 4.69) is 0 Å². The Morgan fingerprint density at radius 1 is 1.06 bits per heavy atom. The fraction of sp³-hybridized carbons (Fsp3) is 0.120. The summed E-state index contributed by atoms with van der Waals surface area (Å²) in [6, 6.07) is 18.1. The van der Waals surface area contributed by atoms with E-state index in [1.54, 1.807) is 43.3 Å². The number of carbonyl (C=O) groups is 3. The molecule has 0 unspecified atom stereocenters. The second kappa shape index (κ2) is 10.8. The van der Waals surface area contributed by atoms with E-state index in [4.69, 9.17) is 17.0 Å². The van der Waals surface area contributed by atoms with Crippen LogP contribution in [0.3, 0.4) is 0 Å². The summed E-state index contributed by atoms with van der Waals surface area (Å²) in [6.07, 6.45) is 4.87. The second-order valence-electron chi connectivity index (χ2n) is 6.81. The third kappa shape index (κ3) is 5.69. The summed E-state index contributed by atoms with van der Waals surface area (Å²) in [4.78, 5) is 40.0. The van der Waals surface area contributed by atoms with E-state index in [0.717, 1.165) is 27.8 Å². The van der Waals surface area contributed by atoms with Crippen LogP contribution >= 0.6 is 24.0 Å². The van der Waals surface area contributed by atoms with Crippen molar-refractivity contribution in [1.29, 1.82) is 0 Å². The molecule has 0 atom stereocenters. The van der Waals surface area contributed by atoms with Gasteiger partial charge >= 0.3 is 5.97 Å². The lowest BCUT2D eigenvalue weighted by Crippen LogP contribution is -2.26. The summed E-state index contributed by atoms with van der Waals surface area (Å²) in [6.45, 7) is 3.63. The van der Waals surface area contributed by atoms with Gasteiger partial charge in [-0.3, -0.25) is 14.5 Å². The molecule has 2 aromatic rings. The number of Topliss-reactive ketones (excluding diaryl/α,β-unsaturated/α-hetero) is 1. The summed E-state index contributed by atoms with van der Waals surface area (Å²) in [7, 11) is 0. The van der Waals surface area contributed by atoms with Gasteiger partial charge in [0.25, 0.3) is 5.91 Å². The van der Waals surface area contributed by atoms with Crippen molar-refractivity contribution in [3.63, 3.8) is 0 Å². The van der Waals surface area contributed by atoms with Crippen LogP contribution in [0.2, 0.25) is 0 Å². The van der Waals surface area contributed by atoms with Crippen LogP contribution in [-0.4, -0.2) is 33.5 Å². The molecule has 0 aliphatic carbocycles. The minimum absolute atomic E-state index is 0.0972. The van der Waals surface area contributed by atoms with E-state index in [0.29, 0.717) is 10.5 Å². The first-order valence-electron chi connectivity index (χ1n) is 9.89. The number of amides is 1. The molecule has 1 amide bonds. The summed E-state index contributed by atoms with van der Waals surface area (Å²) >= 11 is 6.47. The Kier molecular flexibility index (Phi) is 7.92. The van der Waals surface area contributed by atoms with Crippen molar-refractivity contribution in [3.05, 3.63) is 100 Å². The van der Waals surface area contributed by atoms with Gasteiger partial charge in [0.05, 0.1) is 11.5 Å². The molecule has 1 aliphatic heterocycles. The first-order valence-corrected chi connectivity index (χ1v) is 11.1. The number of allylic oxidation sites excluding steroid dienone is 2. The molecule has 0 radical (unpaired) electrons. The number of benzene rings is 2. The van der Waals surface area contributed by atoms with E-state index in [1.165, 1.54) is 6.20 Å². The van der Waals surface area contributed by atoms with Gasteiger partial charge in [0, 0.05) is 11.8 Å². The number of hydrogen-bond acceptors (Lipinski definition) is 6. The van der Waals surface area contributed by atoms with Crippen molar-refractivity contribution in [3.8, 4) is 0 Å². The van der Waals surface area contributed by atoms with Crippen LogP contribution in [-0.2, 0) is 14.3 Å². The molecule has 1 fully saturated rings. The van der Waals surface area contributed by atoms with Crippen LogP contribution in [0.4, 0.5) is 0 Å². The lowest BCUT2D eigenvalue weighted by molar-refractivity contribution is -0.138.